The quantitative estimate of drug-likeness (QED) is 0.655. The summed E-state index contributed by atoms with van der Waals surface area (Å²) in [5.74, 6) is 1.37. The summed E-state index contributed by atoms with van der Waals surface area (Å²) in [6.07, 6.45) is 1.82. The van der Waals surface area contributed by atoms with Crippen LogP contribution in [0.3, 0.4) is 0 Å². The van der Waals surface area contributed by atoms with Crippen molar-refractivity contribution in [3.8, 4) is 5.75 Å². The summed E-state index contributed by atoms with van der Waals surface area (Å²) in [7, 11) is 0. The normalized spacial score (nSPS) is 10.7. The second kappa shape index (κ2) is 5.93. The van der Waals surface area contributed by atoms with E-state index in [-0.39, 0.29) is 0 Å². The molecule has 2 nitrogen and oxygen atoms in total. The highest BCUT2D eigenvalue weighted by atomic mass is 35.5. The molecule has 0 spiro atoms. The van der Waals surface area contributed by atoms with Gasteiger partial charge in [-0.05, 0) is 29.8 Å². The molecule has 1 aromatic heterocycles. The summed E-state index contributed by atoms with van der Waals surface area (Å²) in [6, 6.07) is 17.9. The number of alkyl halides is 1. The number of benzene rings is 2. The zero-order valence-corrected chi connectivity index (χ0v) is 11.7. The number of para-hydroxylation sites is 1. The van der Waals surface area contributed by atoms with Gasteiger partial charge in [0, 0.05) is 23.0 Å². The monoisotopic (exact) mass is 283 g/mol. The summed E-state index contributed by atoms with van der Waals surface area (Å²) in [6.45, 7) is 0.531. The van der Waals surface area contributed by atoms with Gasteiger partial charge in [0.2, 0.25) is 0 Å². The second-order valence-corrected chi connectivity index (χ2v) is 4.82. The summed E-state index contributed by atoms with van der Waals surface area (Å²) in [5.41, 5.74) is 3.22. The SMILES string of the molecule is ClCc1ccc(OCc2ccnc3ccccc23)cc1. The van der Waals surface area contributed by atoms with Crippen LogP contribution in [0.2, 0.25) is 0 Å². The summed E-state index contributed by atoms with van der Waals surface area (Å²) in [5, 5.41) is 1.13. The maximum absolute atomic E-state index is 5.83. The molecule has 3 heteroatoms. The lowest BCUT2D eigenvalue weighted by Crippen LogP contribution is -1.97. The lowest BCUT2D eigenvalue weighted by molar-refractivity contribution is 0.307. The molecule has 3 aromatic rings. The van der Waals surface area contributed by atoms with Crippen molar-refractivity contribution in [3.63, 3.8) is 0 Å². The minimum absolute atomic E-state index is 0.523. The fourth-order valence-electron chi connectivity index (χ4n) is 2.12. The molecular weight excluding hydrogens is 270 g/mol. The Hall–Kier alpha value is -2.06. The van der Waals surface area contributed by atoms with E-state index in [2.05, 4.69) is 11.1 Å². The van der Waals surface area contributed by atoms with Gasteiger partial charge in [-0.1, -0.05) is 30.3 Å². The Kier molecular flexibility index (Phi) is 3.84. The van der Waals surface area contributed by atoms with E-state index in [0.29, 0.717) is 12.5 Å². The van der Waals surface area contributed by atoms with Crippen molar-refractivity contribution in [2.75, 3.05) is 0 Å². The van der Waals surface area contributed by atoms with E-state index in [4.69, 9.17) is 16.3 Å². The summed E-state index contributed by atoms with van der Waals surface area (Å²) < 4.78 is 5.83. The van der Waals surface area contributed by atoms with Gasteiger partial charge in [-0.25, -0.2) is 0 Å². The zero-order chi connectivity index (χ0) is 13.8. The van der Waals surface area contributed by atoms with Crippen molar-refractivity contribution in [2.24, 2.45) is 0 Å². The van der Waals surface area contributed by atoms with Gasteiger partial charge in [-0.3, -0.25) is 4.98 Å². The molecule has 0 atom stereocenters. The van der Waals surface area contributed by atoms with Gasteiger partial charge in [-0.15, -0.1) is 11.6 Å². The first kappa shape index (κ1) is 12.9. The Balaban J connectivity index is 1.79. The third-order valence-electron chi connectivity index (χ3n) is 3.21. The Labute approximate surface area is 123 Å². The second-order valence-electron chi connectivity index (χ2n) is 4.55. The third kappa shape index (κ3) is 2.75. The molecule has 0 radical (unpaired) electrons. The molecular formula is C17H14ClNO. The van der Waals surface area contributed by atoms with E-state index in [0.717, 1.165) is 27.8 Å². The average Bonchev–Trinajstić information content (AvgIpc) is 2.53. The molecule has 1 heterocycles. The fourth-order valence-corrected chi connectivity index (χ4v) is 2.29. The number of ether oxygens (including phenoxy) is 1. The first-order valence-corrected chi connectivity index (χ1v) is 7.00. The van der Waals surface area contributed by atoms with E-state index >= 15 is 0 Å². The van der Waals surface area contributed by atoms with Gasteiger partial charge < -0.3 is 4.74 Å². The average molecular weight is 284 g/mol. The largest absolute Gasteiger partial charge is 0.489 e. The van der Waals surface area contributed by atoms with E-state index < -0.39 is 0 Å². The zero-order valence-electron chi connectivity index (χ0n) is 10.9. The summed E-state index contributed by atoms with van der Waals surface area (Å²) in [4.78, 5) is 4.35. The summed E-state index contributed by atoms with van der Waals surface area (Å²) >= 11 is 5.77. The van der Waals surface area contributed by atoms with Gasteiger partial charge in [-0.2, -0.15) is 0 Å². The third-order valence-corrected chi connectivity index (χ3v) is 3.52. The Morgan fingerprint density at radius 2 is 1.75 bits per heavy atom. The molecule has 0 bridgehead atoms. The first-order valence-electron chi connectivity index (χ1n) is 6.47. The number of aromatic nitrogens is 1. The van der Waals surface area contributed by atoms with E-state index in [1.54, 1.807) is 0 Å². The van der Waals surface area contributed by atoms with Gasteiger partial charge in [0.15, 0.2) is 0 Å². The van der Waals surface area contributed by atoms with Crippen LogP contribution in [-0.4, -0.2) is 4.98 Å². The molecule has 0 aliphatic heterocycles. The number of nitrogens with zero attached hydrogens (tertiary/aromatic N) is 1. The van der Waals surface area contributed by atoms with Crippen LogP contribution in [0, 0.1) is 0 Å². The van der Waals surface area contributed by atoms with Crippen molar-refractivity contribution in [1.29, 1.82) is 0 Å². The van der Waals surface area contributed by atoms with Crippen molar-refractivity contribution in [3.05, 3.63) is 71.9 Å². The number of halogens is 1. The van der Waals surface area contributed by atoms with Crippen LogP contribution in [0.4, 0.5) is 0 Å². The molecule has 0 saturated carbocycles. The highest BCUT2D eigenvalue weighted by Crippen LogP contribution is 2.19. The Bertz CT molecular complexity index is 704. The molecule has 0 N–H and O–H groups in total. The molecule has 2 aromatic carbocycles. The first-order chi connectivity index (χ1) is 9.86. The van der Waals surface area contributed by atoms with Crippen LogP contribution in [0.25, 0.3) is 10.9 Å². The standard InChI is InChI=1S/C17H14ClNO/c18-11-13-5-7-15(8-6-13)20-12-14-9-10-19-17-4-2-1-3-16(14)17/h1-10H,11-12H2. The Morgan fingerprint density at radius 3 is 2.55 bits per heavy atom. The smallest absolute Gasteiger partial charge is 0.119 e. The van der Waals surface area contributed by atoms with Crippen molar-refractivity contribution < 1.29 is 4.74 Å². The predicted molar refractivity (Wildman–Crippen MR) is 82.1 cm³/mol. The number of hydrogen-bond donors (Lipinski definition) is 0. The molecule has 3 rings (SSSR count). The number of pyridine rings is 1. The minimum atomic E-state index is 0.523. The lowest BCUT2D eigenvalue weighted by Gasteiger charge is -2.09. The van der Waals surface area contributed by atoms with Gasteiger partial charge in [0.25, 0.3) is 0 Å². The van der Waals surface area contributed by atoms with Crippen LogP contribution < -0.4 is 4.74 Å². The van der Waals surface area contributed by atoms with E-state index in [9.17, 15) is 0 Å². The van der Waals surface area contributed by atoms with Crippen LogP contribution in [-0.2, 0) is 12.5 Å². The highest BCUT2D eigenvalue weighted by Gasteiger charge is 2.02. The van der Waals surface area contributed by atoms with Crippen LogP contribution in [0.5, 0.6) is 5.75 Å². The molecule has 0 amide bonds. The predicted octanol–water partition coefficient (Wildman–Crippen LogP) is 4.55. The molecule has 0 aliphatic rings. The molecule has 0 aliphatic carbocycles. The minimum Gasteiger partial charge on any atom is -0.489 e. The number of fused-ring (bicyclic) bond motifs is 1. The number of rotatable bonds is 4. The molecule has 0 unspecified atom stereocenters. The number of hydrogen-bond acceptors (Lipinski definition) is 2. The van der Waals surface area contributed by atoms with Crippen molar-refractivity contribution in [2.45, 2.75) is 12.5 Å². The van der Waals surface area contributed by atoms with Gasteiger partial charge in [0.1, 0.15) is 12.4 Å². The van der Waals surface area contributed by atoms with Gasteiger partial charge >= 0.3 is 0 Å². The van der Waals surface area contributed by atoms with Crippen LogP contribution >= 0.6 is 11.6 Å². The topological polar surface area (TPSA) is 22.1 Å². The molecule has 20 heavy (non-hydrogen) atoms. The maximum atomic E-state index is 5.83. The molecule has 0 fully saturated rings. The van der Waals surface area contributed by atoms with Crippen LogP contribution in [0.15, 0.2) is 60.8 Å². The lowest BCUT2D eigenvalue weighted by atomic mass is 10.1. The molecule has 0 saturated heterocycles. The van der Waals surface area contributed by atoms with E-state index in [1.807, 2.05) is 54.7 Å². The fraction of sp³-hybridized carbons (Fsp3) is 0.118. The molecule has 100 valence electrons. The Morgan fingerprint density at radius 1 is 0.950 bits per heavy atom. The van der Waals surface area contributed by atoms with Crippen molar-refractivity contribution in [1.82, 2.24) is 4.98 Å². The maximum Gasteiger partial charge on any atom is 0.119 e. The van der Waals surface area contributed by atoms with Crippen LogP contribution in [0.1, 0.15) is 11.1 Å². The highest BCUT2D eigenvalue weighted by molar-refractivity contribution is 6.17. The van der Waals surface area contributed by atoms with Crippen molar-refractivity contribution >= 4 is 22.5 Å². The van der Waals surface area contributed by atoms with E-state index in [1.165, 1.54) is 0 Å². The van der Waals surface area contributed by atoms with Gasteiger partial charge in [0.05, 0.1) is 5.52 Å².